The van der Waals surface area contributed by atoms with Crippen LogP contribution in [0.2, 0.25) is 0 Å². The minimum atomic E-state index is -3.75. The number of carbonyl (C=O) groups excluding carboxylic acids is 2. The average Bonchev–Trinajstić information content (AvgIpc) is 2.59. The average molecular weight is 344 g/mol. The molecule has 2 aromatic carbocycles. The van der Waals surface area contributed by atoms with E-state index in [-0.39, 0.29) is 11.3 Å². The van der Waals surface area contributed by atoms with E-state index in [2.05, 4.69) is 10.6 Å². The van der Waals surface area contributed by atoms with Crippen molar-refractivity contribution in [3.63, 3.8) is 0 Å². The fraction of sp³-hybridized carbons (Fsp3) is 0.176. The molecule has 0 unspecified atom stereocenters. The van der Waals surface area contributed by atoms with Crippen LogP contribution in [0, 0.1) is 0 Å². The molecule has 0 bridgehead atoms. The molecule has 0 spiro atoms. The van der Waals surface area contributed by atoms with Crippen molar-refractivity contribution < 1.29 is 18.0 Å². The maximum absolute atomic E-state index is 12.5. The Hall–Kier alpha value is -2.67. The first-order chi connectivity index (χ1) is 11.5. The molecule has 2 atom stereocenters. The van der Waals surface area contributed by atoms with Crippen LogP contribution in [0.5, 0.6) is 0 Å². The largest absolute Gasteiger partial charge is 0.341 e. The Balaban J connectivity index is 1.71. The molecule has 0 aliphatic carbocycles. The molecule has 1 heterocycles. The quantitative estimate of drug-likeness (QED) is 0.779. The van der Waals surface area contributed by atoms with Gasteiger partial charge in [-0.3, -0.25) is 9.59 Å². The van der Waals surface area contributed by atoms with Crippen LogP contribution < -0.4 is 10.6 Å². The Morgan fingerprint density at radius 1 is 1.00 bits per heavy atom. The summed E-state index contributed by atoms with van der Waals surface area (Å²) >= 11 is 0. The van der Waals surface area contributed by atoms with Crippen LogP contribution in [0.3, 0.4) is 0 Å². The third kappa shape index (κ3) is 3.16. The van der Waals surface area contributed by atoms with Crippen LogP contribution in [0.25, 0.3) is 0 Å². The van der Waals surface area contributed by atoms with Crippen LogP contribution in [-0.4, -0.2) is 31.6 Å². The van der Waals surface area contributed by atoms with Gasteiger partial charge in [-0.25, -0.2) is 8.42 Å². The van der Waals surface area contributed by atoms with E-state index >= 15 is 0 Å². The lowest BCUT2D eigenvalue weighted by Crippen LogP contribution is -2.71. The second-order valence-electron chi connectivity index (χ2n) is 5.49. The summed E-state index contributed by atoms with van der Waals surface area (Å²) in [4.78, 5) is 23.9. The molecule has 0 saturated carbocycles. The van der Waals surface area contributed by atoms with Crippen molar-refractivity contribution in [2.45, 2.75) is 22.7 Å². The Morgan fingerprint density at radius 3 is 2.17 bits per heavy atom. The van der Waals surface area contributed by atoms with Gasteiger partial charge in [0, 0.05) is 0 Å². The maximum Gasteiger partial charge on any atom is 0.246 e. The lowest BCUT2D eigenvalue weighted by molar-refractivity contribution is -0.134. The third-order valence-corrected chi connectivity index (χ3v) is 5.79. The van der Waals surface area contributed by atoms with Crippen LogP contribution in [0.4, 0.5) is 0 Å². The monoisotopic (exact) mass is 344 g/mol. The molecule has 124 valence electrons. The number of amides is 2. The van der Waals surface area contributed by atoms with Gasteiger partial charge < -0.3 is 10.6 Å². The number of hydrogen-bond acceptors (Lipinski definition) is 4. The first-order valence-corrected chi connectivity index (χ1v) is 8.96. The summed E-state index contributed by atoms with van der Waals surface area (Å²) in [5, 5.41) is 3.72. The molecule has 0 aromatic heterocycles. The zero-order chi connectivity index (χ0) is 17.2. The molecule has 2 amide bonds. The number of benzene rings is 2. The van der Waals surface area contributed by atoms with E-state index in [0.29, 0.717) is 0 Å². The maximum atomic E-state index is 12.5. The van der Waals surface area contributed by atoms with E-state index in [1.165, 1.54) is 12.1 Å². The molecule has 3 rings (SSSR count). The van der Waals surface area contributed by atoms with Gasteiger partial charge in [-0.05, 0) is 17.7 Å². The standard InChI is InChI=1S/C17H16N2O4S/c20-14(11-12-7-3-1-4-8-12)18-15-16(21)19-17(15)24(22,23)13-9-5-2-6-10-13/h1-10,15,17H,11H2,(H,18,20)(H,19,21)/t15-,17+/m1/s1. The molecule has 2 aromatic rings. The smallest absolute Gasteiger partial charge is 0.246 e. The molecule has 0 radical (unpaired) electrons. The van der Waals surface area contributed by atoms with Crippen LogP contribution in [0.15, 0.2) is 65.6 Å². The normalized spacial score (nSPS) is 19.9. The fourth-order valence-electron chi connectivity index (χ4n) is 2.52. The summed E-state index contributed by atoms with van der Waals surface area (Å²) < 4.78 is 25.1. The Bertz CT molecular complexity index is 851. The topological polar surface area (TPSA) is 92.3 Å². The summed E-state index contributed by atoms with van der Waals surface area (Å²) in [6.45, 7) is 0. The van der Waals surface area contributed by atoms with Gasteiger partial charge in [-0.1, -0.05) is 48.5 Å². The minimum absolute atomic E-state index is 0.0860. The van der Waals surface area contributed by atoms with Crippen molar-refractivity contribution >= 4 is 21.7 Å². The highest BCUT2D eigenvalue weighted by atomic mass is 32.2. The van der Waals surface area contributed by atoms with Crippen molar-refractivity contribution in [3.8, 4) is 0 Å². The fourth-order valence-corrected chi connectivity index (χ4v) is 4.17. The molecular weight excluding hydrogens is 328 g/mol. The van der Waals surface area contributed by atoms with E-state index in [4.69, 9.17) is 0 Å². The van der Waals surface area contributed by atoms with Gasteiger partial charge in [0.2, 0.25) is 21.7 Å². The van der Waals surface area contributed by atoms with Crippen molar-refractivity contribution in [1.82, 2.24) is 10.6 Å². The molecule has 1 saturated heterocycles. The van der Waals surface area contributed by atoms with Crippen molar-refractivity contribution in [3.05, 3.63) is 66.2 Å². The molecule has 7 heteroatoms. The van der Waals surface area contributed by atoms with Gasteiger partial charge in [0.1, 0.15) is 6.04 Å². The first-order valence-electron chi connectivity index (χ1n) is 7.41. The van der Waals surface area contributed by atoms with E-state index in [9.17, 15) is 18.0 Å². The van der Waals surface area contributed by atoms with Crippen molar-refractivity contribution in [1.29, 1.82) is 0 Å². The van der Waals surface area contributed by atoms with Gasteiger partial charge in [-0.2, -0.15) is 0 Å². The van der Waals surface area contributed by atoms with E-state index < -0.39 is 33.1 Å². The van der Waals surface area contributed by atoms with Crippen LogP contribution in [-0.2, 0) is 25.8 Å². The summed E-state index contributed by atoms with van der Waals surface area (Å²) in [7, 11) is -3.75. The molecule has 24 heavy (non-hydrogen) atoms. The lowest BCUT2D eigenvalue weighted by Gasteiger charge is -2.36. The molecule has 1 aliphatic rings. The van der Waals surface area contributed by atoms with E-state index in [1.54, 1.807) is 42.5 Å². The molecular formula is C17H16N2O4S. The number of carbonyl (C=O) groups is 2. The molecule has 2 N–H and O–H groups in total. The summed E-state index contributed by atoms with van der Waals surface area (Å²) in [6, 6.07) is 15.8. The van der Waals surface area contributed by atoms with E-state index in [1.807, 2.05) is 6.07 Å². The van der Waals surface area contributed by atoms with Gasteiger partial charge in [-0.15, -0.1) is 0 Å². The lowest BCUT2D eigenvalue weighted by atomic mass is 10.1. The van der Waals surface area contributed by atoms with E-state index in [0.717, 1.165) is 5.56 Å². The first kappa shape index (κ1) is 16.2. The van der Waals surface area contributed by atoms with Crippen LogP contribution in [0.1, 0.15) is 5.56 Å². The number of β-lactam (4-membered cyclic amide) rings is 1. The zero-order valence-corrected chi connectivity index (χ0v) is 13.5. The summed E-state index contributed by atoms with van der Waals surface area (Å²) in [6.07, 6.45) is 0.0860. The van der Waals surface area contributed by atoms with Gasteiger partial charge in [0.25, 0.3) is 0 Å². The van der Waals surface area contributed by atoms with Crippen LogP contribution >= 0.6 is 0 Å². The molecule has 1 aliphatic heterocycles. The third-order valence-electron chi connectivity index (χ3n) is 3.80. The van der Waals surface area contributed by atoms with Gasteiger partial charge >= 0.3 is 0 Å². The molecule has 6 nitrogen and oxygen atoms in total. The summed E-state index contributed by atoms with van der Waals surface area (Å²) in [5.41, 5.74) is 0.789. The SMILES string of the molecule is O=C(Cc1ccccc1)N[C@@H]1C(=O)N[C@H]1S(=O)(=O)c1ccccc1. The van der Waals surface area contributed by atoms with Gasteiger partial charge in [0.05, 0.1) is 11.3 Å². The zero-order valence-electron chi connectivity index (χ0n) is 12.7. The number of sulfone groups is 1. The minimum Gasteiger partial charge on any atom is -0.341 e. The predicted molar refractivity (Wildman–Crippen MR) is 87.6 cm³/mol. The van der Waals surface area contributed by atoms with Crippen molar-refractivity contribution in [2.24, 2.45) is 0 Å². The number of hydrogen-bond donors (Lipinski definition) is 2. The number of nitrogens with one attached hydrogen (secondary N) is 2. The highest BCUT2D eigenvalue weighted by molar-refractivity contribution is 7.92. The van der Waals surface area contributed by atoms with Gasteiger partial charge in [0.15, 0.2) is 5.37 Å². The van der Waals surface area contributed by atoms with Crippen molar-refractivity contribution in [2.75, 3.05) is 0 Å². The number of rotatable bonds is 5. The predicted octanol–water partition coefficient (Wildman–Crippen LogP) is 0.644. The Morgan fingerprint density at radius 2 is 1.58 bits per heavy atom. The second kappa shape index (κ2) is 6.45. The second-order valence-corrected chi connectivity index (χ2v) is 7.56. The molecule has 1 fully saturated rings. The highest BCUT2D eigenvalue weighted by Crippen LogP contribution is 2.21. The highest BCUT2D eigenvalue weighted by Gasteiger charge is 2.48. The summed E-state index contributed by atoms with van der Waals surface area (Å²) in [5.74, 6) is -0.893. The Labute approximate surface area is 139 Å². The Kier molecular flexibility index (Phi) is 4.35.